The lowest BCUT2D eigenvalue weighted by molar-refractivity contribution is -0.0582. The average Bonchev–Trinajstić information content (AvgIpc) is 2.27. The molecule has 0 aromatic rings. The third kappa shape index (κ3) is 2.26. The van der Waals surface area contributed by atoms with Crippen molar-refractivity contribution in [3.05, 3.63) is 0 Å². The van der Waals surface area contributed by atoms with Crippen LogP contribution >= 0.6 is 0 Å². The van der Waals surface area contributed by atoms with E-state index >= 15 is 0 Å². The zero-order chi connectivity index (χ0) is 11.8. The van der Waals surface area contributed by atoms with Crippen molar-refractivity contribution in [3.8, 4) is 0 Å². The molecule has 4 saturated carbocycles. The highest BCUT2D eigenvalue weighted by molar-refractivity contribution is 5.00. The van der Waals surface area contributed by atoms with Crippen molar-refractivity contribution in [2.24, 2.45) is 35.3 Å². The second-order valence-electron chi connectivity index (χ2n) is 6.75. The van der Waals surface area contributed by atoms with Gasteiger partial charge >= 0.3 is 0 Å². The lowest BCUT2D eigenvalue weighted by atomic mass is 9.50. The highest BCUT2D eigenvalue weighted by atomic mass is 16.5. The van der Waals surface area contributed by atoms with E-state index in [1.807, 2.05) is 0 Å². The lowest BCUT2D eigenvalue weighted by Gasteiger charge is -2.56. The Labute approximate surface area is 105 Å². The third-order valence-corrected chi connectivity index (χ3v) is 5.45. The molecule has 0 heterocycles. The van der Waals surface area contributed by atoms with E-state index < -0.39 is 0 Å². The molecule has 4 fully saturated rings. The van der Waals surface area contributed by atoms with Gasteiger partial charge in [0.05, 0.1) is 6.61 Å². The van der Waals surface area contributed by atoms with Crippen LogP contribution in [0, 0.1) is 29.6 Å². The molecular formula is C15H27NO. The normalized spacial score (nSPS) is 45.2. The molecule has 0 aromatic heterocycles. The van der Waals surface area contributed by atoms with Crippen LogP contribution in [0.5, 0.6) is 0 Å². The van der Waals surface area contributed by atoms with Crippen LogP contribution in [0.25, 0.3) is 0 Å². The summed E-state index contributed by atoms with van der Waals surface area (Å²) in [4.78, 5) is 0. The van der Waals surface area contributed by atoms with Crippen molar-refractivity contribution in [2.45, 2.75) is 51.5 Å². The van der Waals surface area contributed by atoms with Gasteiger partial charge in [-0.25, -0.2) is 0 Å². The summed E-state index contributed by atoms with van der Waals surface area (Å²) < 4.78 is 5.68. The van der Waals surface area contributed by atoms with E-state index in [1.165, 1.54) is 32.1 Å². The van der Waals surface area contributed by atoms with Crippen molar-refractivity contribution in [2.75, 3.05) is 13.2 Å². The van der Waals surface area contributed by atoms with Crippen molar-refractivity contribution in [3.63, 3.8) is 0 Å². The van der Waals surface area contributed by atoms with E-state index in [9.17, 15) is 0 Å². The first kappa shape index (κ1) is 12.0. The van der Waals surface area contributed by atoms with Gasteiger partial charge in [-0.15, -0.1) is 0 Å². The SMILES string of the molecule is CCCOCC(N)C1C2CC3CC(C2)CC1C3. The van der Waals surface area contributed by atoms with E-state index in [4.69, 9.17) is 10.5 Å². The van der Waals surface area contributed by atoms with E-state index in [0.29, 0.717) is 6.04 Å². The minimum absolute atomic E-state index is 0.302. The molecule has 17 heavy (non-hydrogen) atoms. The van der Waals surface area contributed by atoms with Crippen molar-refractivity contribution >= 4 is 0 Å². The Morgan fingerprint density at radius 2 is 1.65 bits per heavy atom. The van der Waals surface area contributed by atoms with Gasteiger partial charge < -0.3 is 10.5 Å². The fourth-order valence-corrected chi connectivity index (χ4v) is 5.14. The van der Waals surface area contributed by atoms with Crippen LogP contribution in [0.15, 0.2) is 0 Å². The molecule has 0 aromatic carbocycles. The van der Waals surface area contributed by atoms with Crippen LogP contribution in [-0.2, 0) is 4.74 Å². The molecule has 1 unspecified atom stereocenters. The Hall–Kier alpha value is -0.0800. The van der Waals surface area contributed by atoms with Gasteiger partial charge in [0.2, 0.25) is 0 Å². The van der Waals surface area contributed by atoms with Crippen molar-refractivity contribution in [1.29, 1.82) is 0 Å². The quantitative estimate of drug-likeness (QED) is 0.746. The largest absolute Gasteiger partial charge is 0.380 e. The van der Waals surface area contributed by atoms with E-state index in [-0.39, 0.29) is 0 Å². The first-order valence-electron chi connectivity index (χ1n) is 7.61. The second kappa shape index (κ2) is 4.89. The number of hydrogen-bond acceptors (Lipinski definition) is 2. The molecule has 0 aliphatic heterocycles. The molecule has 98 valence electrons. The fourth-order valence-electron chi connectivity index (χ4n) is 5.14. The predicted molar refractivity (Wildman–Crippen MR) is 69.6 cm³/mol. The molecule has 2 nitrogen and oxygen atoms in total. The van der Waals surface area contributed by atoms with E-state index in [0.717, 1.165) is 49.2 Å². The summed E-state index contributed by atoms with van der Waals surface area (Å²) in [5, 5.41) is 0. The monoisotopic (exact) mass is 237 g/mol. The molecule has 2 N–H and O–H groups in total. The second-order valence-corrected chi connectivity index (χ2v) is 6.75. The summed E-state index contributed by atoms with van der Waals surface area (Å²) in [5.41, 5.74) is 6.41. The number of hydrogen-bond donors (Lipinski definition) is 1. The first-order valence-corrected chi connectivity index (χ1v) is 7.61. The minimum Gasteiger partial charge on any atom is -0.380 e. The highest BCUT2D eigenvalue weighted by Crippen LogP contribution is 2.57. The Morgan fingerprint density at radius 1 is 1.06 bits per heavy atom. The van der Waals surface area contributed by atoms with Crippen LogP contribution in [0.2, 0.25) is 0 Å². The number of nitrogens with two attached hydrogens (primary N) is 1. The maximum absolute atomic E-state index is 6.41. The van der Waals surface area contributed by atoms with Crippen LogP contribution in [0.3, 0.4) is 0 Å². The van der Waals surface area contributed by atoms with Gasteiger partial charge in [-0.2, -0.15) is 0 Å². The molecule has 0 spiro atoms. The maximum atomic E-state index is 6.41. The molecule has 4 rings (SSSR count). The summed E-state index contributed by atoms with van der Waals surface area (Å²) >= 11 is 0. The topological polar surface area (TPSA) is 35.2 Å². The molecule has 4 aliphatic carbocycles. The molecule has 0 radical (unpaired) electrons. The summed E-state index contributed by atoms with van der Waals surface area (Å²) in [7, 11) is 0. The van der Waals surface area contributed by atoms with E-state index in [1.54, 1.807) is 0 Å². The van der Waals surface area contributed by atoms with Gasteiger partial charge in [-0.3, -0.25) is 0 Å². The molecule has 0 saturated heterocycles. The minimum atomic E-state index is 0.302. The van der Waals surface area contributed by atoms with Gasteiger partial charge in [0.25, 0.3) is 0 Å². The fraction of sp³-hybridized carbons (Fsp3) is 1.00. The summed E-state index contributed by atoms with van der Waals surface area (Å²) in [6.45, 7) is 3.83. The Kier molecular flexibility index (Phi) is 3.45. The zero-order valence-corrected chi connectivity index (χ0v) is 11.1. The summed E-state index contributed by atoms with van der Waals surface area (Å²) in [6, 6.07) is 0.302. The van der Waals surface area contributed by atoms with Gasteiger partial charge in [0.15, 0.2) is 0 Å². The van der Waals surface area contributed by atoms with Gasteiger partial charge in [-0.1, -0.05) is 6.92 Å². The lowest BCUT2D eigenvalue weighted by Crippen LogP contribution is -2.53. The van der Waals surface area contributed by atoms with Crippen LogP contribution in [0.4, 0.5) is 0 Å². The molecule has 1 atom stereocenters. The Bertz CT molecular complexity index is 238. The molecule has 4 bridgehead atoms. The Balaban J connectivity index is 1.59. The van der Waals surface area contributed by atoms with Gasteiger partial charge in [-0.05, 0) is 68.1 Å². The van der Waals surface area contributed by atoms with E-state index in [2.05, 4.69) is 6.92 Å². The smallest absolute Gasteiger partial charge is 0.0620 e. The highest BCUT2D eigenvalue weighted by Gasteiger charge is 2.49. The molecule has 4 aliphatic rings. The van der Waals surface area contributed by atoms with Crippen LogP contribution < -0.4 is 5.73 Å². The van der Waals surface area contributed by atoms with Crippen molar-refractivity contribution < 1.29 is 4.74 Å². The molecule has 0 amide bonds. The third-order valence-electron chi connectivity index (χ3n) is 5.45. The predicted octanol–water partition coefficient (Wildman–Crippen LogP) is 2.81. The van der Waals surface area contributed by atoms with Crippen LogP contribution in [-0.4, -0.2) is 19.3 Å². The molecule has 2 heteroatoms. The first-order chi connectivity index (χ1) is 8.28. The maximum Gasteiger partial charge on any atom is 0.0620 e. The van der Waals surface area contributed by atoms with Gasteiger partial charge in [0, 0.05) is 12.6 Å². The number of ether oxygens (including phenoxy) is 1. The standard InChI is InChI=1S/C15H27NO/c1-2-3-17-9-14(16)15-12-5-10-4-11(7-12)8-13(15)6-10/h10-15H,2-9,16H2,1H3. The van der Waals surface area contributed by atoms with Crippen molar-refractivity contribution in [1.82, 2.24) is 0 Å². The average molecular weight is 237 g/mol. The van der Waals surface area contributed by atoms with Crippen LogP contribution in [0.1, 0.15) is 45.4 Å². The Morgan fingerprint density at radius 3 is 2.18 bits per heavy atom. The summed E-state index contributed by atoms with van der Waals surface area (Å²) in [5.74, 6) is 4.76. The number of rotatable bonds is 5. The summed E-state index contributed by atoms with van der Waals surface area (Å²) in [6.07, 6.45) is 8.52. The zero-order valence-electron chi connectivity index (χ0n) is 11.1. The molecular weight excluding hydrogens is 210 g/mol. The van der Waals surface area contributed by atoms with Gasteiger partial charge in [0.1, 0.15) is 0 Å².